The van der Waals surface area contributed by atoms with Crippen molar-refractivity contribution < 1.29 is 9.53 Å². The summed E-state index contributed by atoms with van der Waals surface area (Å²) in [6.45, 7) is 0.939. The van der Waals surface area contributed by atoms with Gasteiger partial charge in [-0.2, -0.15) is 0 Å². The van der Waals surface area contributed by atoms with Crippen molar-refractivity contribution >= 4 is 22.9 Å². The van der Waals surface area contributed by atoms with Gasteiger partial charge in [0.2, 0.25) is 5.91 Å². The van der Waals surface area contributed by atoms with Crippen molar-refractivity contribution in [1.82, 2.24) is 5.32 Å². The fourth-order valence-corrected chi connectivity index (χ4v) is 2.26. The Hall–Kier alpha value is -2.01. The molecule has 0 aliphatic carbocycles. The molecular formula is C14H16N2O2S. The van der Waals surface area contributed by atoms with Gasteiger partial charge in [-0.05, 0) is 35.7 Å². The van der Waals surface area contributed by atoms with E-state index in [9.17, 15) is 4.79 Å². The van der Waals surface area contributed by atoms with Gasteiger partial charge in [0.1, 0.15) is 12.4 Å². The molecule has 2 rings (SSSR count). The first kappa shape index (κ1) is 13.4. The molecule has 0 radical (unpaired) electrons. The van der Waals surface area contributed by atoms with Crippen LogP contribution in [0.1, 0.15) is 4.88 Å². The predicted octanol–water partition coefficient (Wildman–Crippen LogP) is 2.07. The summed E-state index contributed by atoms with van der Waals surface area (Å²) in [6.07, 6.45) is 0.430. The summed E-state index contributed by atoms with van der Waals surface area (Å²) in [6, 6.07) is 11.1. The zero-order valence-electron chi connectivity index (χ0n) is 10.5. The maximum Gasteiger partial charge on any atom is 0.225 e. The summed E-state index contributed by atoms with van der Waals surface area (Å²) in [5, 5.41) is 4.79. The lowest BCUT2D eigenvalue weighted by atomic mass is 10.3. The van der Waals surface area contributed by atoms with Gasteiger partial charge < -0.3 is 15.8 Å². The van der Waals surface area contributed by atoms with E-state index in [1.54, 1.807) is 23.5 Å². The van der Waals surface area contributed by atoms with Crippen LogP contribution in [0.5, 0.6) is 5.75 Å². The average molecular weight is 276 g/mol. The molecule has 19 heavy (non-hydrogen) atoms. The standard InChI is InChI=1S/C14H16N2O2S/c15-11-3-5-12(6-4-11)18-8-7-16-14(17)10-13-2-1-9-19-13/h1-6,9H,7-8,10,15H2,(H,16,17). The van der Waals surface area contributed by atoms with Gasteiger partial charge in [0.05, 0.1) is 13.0 Å². The monoisotopic (exact) mass is 276 g/mol. The van der Waals surface area contributed by atoms with Crippen molar-refractivity contribution in [1.29, 1.82) is 0 Å². The van der Waals surface area contributed by atoms with Crippen molar-refractivity contribution in [3.8, 4) is 5.75 Å². The number of benzene rings is 1. The summed E-state index contributed by atoms with van der Waals surface area (Å²) in [5.74, 6) is 0.769. The first-order valence-electron chi connectivity index (χ1n) is 6.01. The molecule has 100 valence electrons. The average Bonchev–Trinajstić information content (AvgIpc) is 2.89. The molecule has 0 atom stereocenters. The second-order valence-corrected chi connectivity index (χ2v) is 5.06. The van der Waals surface area contributed by atoms with Crippen LogP contribution >= 0.6 is 11.3 Å². The van der Waals surface area contributed by atoms with E-state index in [2.05, 4.69) is 5.32 Å². The van der Waals surface area contributed by atoms with Crippen LogP contribution < -0.4 is 15.8 Å². The molecule has 0 bridgehead atoms. The summed E-state index contributed by atoms with van der Waals surface area (Å²) in [7, 11) is 0. The minimum absolute atomic E-state index is 0.0170. The number of anilines is 1. The lowest BCUT2D eigenvalue weighted by molar-refractivity contribution is -0.120. The Bertz CT molecular complexity index is 509. The lowest BCUT2D eigenvalue weighted by Gasteiger charge is -2.07. The topological polar surface area (TPSA) is 64.3 Å². The van der Waals surface area contributed by atoms with Crippen LogP contribution in [0.15, 0.2) is 41.8 Å². The molecule has 4 nitrogen and oxygen atoms in total. The van der Waals surface area contributed by atoms with Gasteiger partial charge in [0.15, 0.2) is 0 Å². The van der Waals surface area contributed by atoms with Gasteiger partial charge in [-0.15, -0.1) is 11.3 Å². The quantitative estimate of drug-likeness (QED) is 0.627. The maximum absolute atomic E-state index is 11.6. The molecule has 0 saturated carbocycles. The Kier molecular flexibility index (Phi) is 4.80. The number of ether oxygens (including phenoxy) is 1. The van der Waals surface area contributed by atoms with Crippen LogP contribution in [0, 0.1) is 0 Å². The third kappa shape index (κ3) is 4.63. The molecule has 1 aromatic heterocycles. The number of rotatable bonds is 6. The van der Waals surface area contributed by atoms with E-state index in [0.717, 1.165) is 10.6 Å². The number of carbonyl (C=O) groups is 1. The number of nitrogens with one attached hydrogen (secondary N) is 1. The molecule has 1 aromatic carbocycles. The Morgan fingerprint density at radius 1 is 1.26 bits per heavy atom. The molecule has 5 heteroatoms. The van der Waals surface area contributed by atoms with E-state index in [1.807, 2.05) is 29.6 Å². The zero-order valence-corrected chi connectivity index (χ0v) is 11.3. The van der Waals surface area contributed by atoms with E-state index in [4.69, 9.17) is 10.5 Å². The first-order valence-corrected chi connectivity index (χ1v) is 6.89. The minimum Gasteiger partial charge on any atom is -0.492 e. The van der Waals surface area contributed by atoms with Gasteiger partial charge in [0, 0.05) is 10.6 Å². The molecule has 1 amide bonds. The van der Waals surface area contributed by atoms with Gasteiger partial charge in [-0.25, -0.2) is 0 Å². The van der Waals surface area contributed by atoms with Crippen molar-refractivity contribution in [2.24, 2.45) is 0 Å². The normalized spacial score (nSPS) is 10.1. The highest BCUT2D eigenvalue weighted by atomic mass is 32.1. The third-order valence-electron chi connectivity index (χ3n) is 2.49. The largest absolute Gasteiger partial charge is 0.492 e. The van der Waals surface area contributed by atoms with Crippen LogP contribution in [0.2, 0.25) is 0 Å². The van der Waals surface area contributed by atoms with Gasteiger partial charge in [-0.1, -0.05) is 6.07 Å². The minimum atomic E-state index is 0.0170. The van der Waals surface area contributed by atoms with Crippen LogP contribution in [-0.4, -0.2) is 19.1 Å². The van der Waals surface area contributed by atoms with E-state index in [-0.39, 0.29) is 5.91 Å². The molecule has 0 spiro atoms. The van der Waals surface area contributed by atoms with E-state index >= 15 is 0 Å². The Labute approximate surface area is 116 Å². The predicted molar refractivity (Wildman–Crippen MR) is 77.4 cm³/mol. The Balaban J connectivity index is 1.64. The number of hydrogen-bond acceptors (Lipinski definition) is 4. The molecule has 0 aliphatic rings. The van der Waals surface area contributed by atoms with E-state index in [0.29, 0.717) is 25.3 Å². The Morgan fingerprint density at radius 3 is 2.74 bits per heavy atom. The van der Waals surface area contributed by atoms with Crippen LogP contribution in [-0.2, 0) is 11.2 Å². The van der Waals surface area contributed by atoms with Crippen LogP contribution in [0.4, 0.5) is 5.69 Å². The van der Waals surface area contributed by atoms with Crippen LogP contribution in [0.25, 0.3) is 0 Å². The van der Waals surface area contributed by atoms with Gasteiger partial charge in [0.25, 0.3) is 0 Å². The summed E-state index contributed by atoms with van der Waals surface area (Å²) >= 11 is 1.58. The summed E-state index contributed by atoms with van der Waals surface area (Å²) in [4.78, 5) is 12.7. The highest BCUT2D eigenvalue weighted by Gasteiger charge is 2.03. The smallest absolute Gasteiger partial charge is 0.225 e. The second kappa shape index (κ2) is 6.80. The molecule has 0 aliphatic heterocycles. The summed E-state index contributed by atoms with van der Waals surface area (Å²) < 4.78 is 5.48. The number of hydrogen-bond donors (Lipinski definition) is 2. The van der Waals surface area contributed by atoms with Crippen molar-refractivity contribution in [3.05, 3.63) is 46.7 Å². The number of nitrogens with two attached hydrogens (primary N) is 1. The van der Waals surface area contributed by atoms with Crippen molar-refractivity contribution in [2.75, 3.05) is 18.9 Å². The molecular weight excluding hydrogens is 260 g/mol. The molecule has 3 N–H and O–H groups in total. The Morgan fingerprint density at radius 2 is 2.05 bits per heavy atom. The number of nitrogen functional groups attached to an aromatic ring is 1. The van der Waals surface area contributed by atoms with Crippen LogP contribution in [0.3, 0.4) is 0 Å². The highest BCUT2D eigenvalue weighted by Crippen LogP contribution is 2.12. The number of carbonyl (C=O) groups excluding carboxylic acids is 1. The summed E-state index contributed by atoms with van der Waals surface area (Å²) in [5.41, 5.74) is 6.28. The van der Waals surface area contributed by atoms with E-state index in [1.165, 1.54) is 0 Å². The van der Waals surface area contributed by atoms with Crippen molar-refractivity contribution in [3.63, 3.8) is 0 Å². The van der Waals surface area contributed by atoms with E-state index < -0.39 is 0 Å². The van der Waals surface area contributed by atoms with Gasteiger partial charge >= 0.3 is 0 Å². The first-order chi connectivity index (χ1) is 9.24. The van der Waals surface area contributed by atoms with Gasteiger partial charge in [-0.3, -0.25) is 4.79 Å². The molecule has 1 heterocycles. The molecule has 2 aromatic rings. The van der Waals surface area contributed by atoms with Crippen molar-refractivity contribution in [2.45, 2.75) is 6.42 Å². The molecule has 0 saturated heterocycles. The zero-order chi connectivity index (χ0) is 13.5. The highest BCUT2D eigenvalue weighted by molar-refractivity contribution is 7.10. The maximum atomic E-state index is 11.6. The molecule has 0 fully saturated rings. The molecule has 0 unspecified atom stereocenters. The fraction of sp³-hybridized carbons (Fsp3) is 0.214. The number of thiophene rings is 1. The number of amides is 1. The fourth-order valence-electron chi connectivity index (χ4n) is 1.56. The third-order valence-corrected chi connectivity index (χ3v) is 3.36. The SMILES string of the molecule is Nc1ccc(OCCNC(=O)Cc2cccs2)cc1. The lowest BCUT2D eigenvalue weighted by Crippen LogP contribution is -2.29. The second-order valence-electron chi connectivity index (χ2n) is 4.02.